The molecule has 4 rings (SSSR count). The highest BCUT2D eigenvalue weighted by Gasteiger charge is 2.22. The molecule has 2 aromatic heterocycles. The summed E-state index contributed by atoms with van der Waals surface area (Å²) in [4.78, 5) is 17.1. The Kier molecular flexibility index (Phi) is 2.16. The van der Waals surface area contributed by atoms with Gasteiger partial charge in [0.1, 0.15) is 0 Å². The molecular weight excluding hydrogens is 248 g/mol. The number of hydrogen-bond donors (Lipinski definition) is 0. The van der Waals surface area contributed by atoms with Gasteiger partial charge in [-0.15, -0.1) is 0 Å². The highest BCUT2D eigenvalue weighted by molar-refractivity contribution is 5.83. The van der Waals surface area contributed by atoms with E-state index in [2.05, 4.69) is 18.2 Å². The maximum Gasteiger partial charge on any atom is 0.254 e. The van der Waals surface area contributed by atoms with Gasteiger partial charge in [0.15, 0.2) is 0 Å². The SMILES string of the molecule is Cc1cc2n(c(=O)c1C)Cc1cc3ccccc3nc1-2. The summed E-state index contributed by atoms with van der Waals surface area (Å²) in [6.07, 6.45) is 0. The molecule has 0 unspecified atom stereocenters. The first-order valence-corrected chi connectivity index (χ1v) is 6.75. The Balaban J connectivity index is 2.08. The number of rotatable bonds is 0. The van der Waals surface area contributed by atoms with Gasteiger partial charge in [0.2, 0.25) is 0 Å². The molecule has 0 amide bonds. The summed E-state index contributed by atoms with van der Waals surface area (Å²) in [6, 6.07) is 12.3. The number of fused-ring (bicyclic) bond motifs is 4. The van der Waals surface area contributed by atoms with Crippen LogP contribution in [0.25, 0.3) is 22.3 Å². The monoisotopic (exact) mass is 262 g/mol. The number of hydrogen-bond acceptors (Lipinski definition) is 2. The van der Waals surface area contributed by atoms with Crippen molar-refractivity contribution >= 4 is 10.9 Å². The molecule has 1 aromatic carbocycles. The fraction of sp³-hybridized carbons (Fsp3) is 0.176. The van der Waals surface area contributed by atoms with Crippen molar-refractivity contribution in [1.29, 1.82) is 0 Å². The third-order valence-corrected chi connectivity index (χ3v) is 4.18. The highest BCUT2D eigenvalue weighted by atomic mass is 16.1. The first kappa shape index (κ1) is 11.4. The molecule has 3 aromatic rings. The Morgan fingerprint density at radius 3 is 2.80 bits per heavy atom. The van der Waals surface area contributed by atoms with Gasteiger partial charge in [-0.25, -0.2) is 4.98 Å². The van der Waals surface area contributed by atoms with Gasteiger partial charge in [-0.1, -0.05) is 18.2 Å². The van der Waals surface area contributed by atoms with Crippen molar-refractivity contribution in [1.82, 2.24) is 9.55 Å². The largest absolute Gasteiger partial charge is 0.302 e. The molecule has 3 heteroatoms. The first-order valence-electron chi connectivity index (χ1n) is 6.75. The second-order valence-corrected chi connectivity index (χ2v) is 5.42. The average Bonchev–Trinajstić information content (AvgIpc) is 2.80. The fourth-order valence-electron chi connectivity index (χ4n) is 2.90. The molecular formula is C17H14N2O. The van der Waals surface area contributed by atoms with Gasteiger partial charge < -0.3 is 4.57 Å². The molecule has 0 saturated carbocycles. The lowest BCUT2D eigenvalue weighted by Gasteiger charge is -2.07. The summed E-state index contributed by atoms with van der Waals surface area (Å²) in [5.74, 6) is 0. The van der Waals surface area contributed by atoms with Gasteiger partial charge in [0.05, 0.1) is 23.4 Å². The van der Waals surface area contributed by atoms with E-state index in [1.807, 2.05) is 36.6 Å². The summed E-state index contributed by atoms with van der Waals surface area (Å²) in [6.45, 7) is 4.50. The first-order chi connectivity index (χ1) is 9.65. The van der Waals surface area contributed by atoms with Crippen molar-refractivity contribution in [2.45, 2.75) is 20.4 Å². The lowest BCUT2D eigenvalue weighted by molar-refractivity contribution is 0.792. The molecule has 0 bridgehead atoms. The zero-order valence-electron chi connectivity index (χ0n) is 11.5. The summed E-state index contributed by atoms with van der Waals surface area (Å²) in [5, 5.41) is 1.13. The van der Waals surface area contributed by atoms with Crippen LogP contribution in [0.4, 0.5) is 0 Å². The predicted molar refractivity (Wildman–Crippen MR) is 80.0 cm³/mol. The summed E-state index contributed by atoms with van der Waals surface area (Å²) < 4.78 is 1.83. The van der Waals surface area contributed by atoms with Crippen LogP contribution in [0, 0.1) is 13.8 Å². The van der Waals surface area contributed by atoms with Crippen molar-refractivity contribution in [2.24, 2.45) is 0 Å². The van der Waals surface area contributed by atoms with Crippen LogP contribution in [0.3, 0.4) is 0 Å². The quantitative estimate of drug-likeness (QED) is 0.488. The molecule has 20 heavy (non-hydrogen) atoms. The number of aromatic nitrogens is 2. The van der Waals surface area contributed by atoms with Crippen molar-refractivity contribution in [2.75, 3.05) is 0 Å². The molecule has 3 nitrogen and oxygen atoms in total. The van der Waals surface area contributed by atoms with Crippen LogP contribution >= 0.6 is 0 Å². The zero-order valence-corrected chi connectivity index (χ0v) is 11.5. The number of nitrogens with zero attached hydrogens (tertiary/aromatic N) is 2. The fourth-order valence-corrected chi connectivity index (χ4v) is 2.90. The summed E-state index contributed by atoms with van der Waals surface area (Å²) in [5.41, 5.74) is 5.95. The molecule has 1 aliphatic rings. The third-order valence-electron chi connectivity index (χ3n) is 4.18. The maximum absolute atomic E-state index is 12.4. The van der Waals surface area contributed by atoms with Crippen LogP contribution in [0.2, 0.25) is 0 Å². The molecule has 0 fully saturated rings. The minimum atomic E-state index is 0.0991. The predicted octanol–water partition coefficient (Wildman–Crippen LogP) is 3.04. The molecule has 3 heterocycles. The van der Waals surface area contributed by atoms with Crippen molar-refractivity contribution in [3.8, 4) is 11.4 Å². The van der Waals surface area contributed by atoms with Crippen molar-refractivity contribution in [3.05, 3.63) is 63.4 Å². The van der Waals surface area contributed by atoms with E-state index in [0.717, 1.165) is 39.0 Å². The molecule has 0 N–H and O–H groups in total. The number of aryl methyl sites for hydroxylation is 1. The Labute approximate surface area is 116 Å². The molecule has 0 radical (unpaired) electrons. The van der Waals surface area contributed by atoms with E-state index >= 15 is 0 Å². The average molecular weight is 262 g/mol. The van der Waals surface area contributed by atoms with E-state index < -0.39 is 0 Å². The van der Waals surface area contributed by atoms with Crippen LogP contribution in [0.1, 0.15) is 16.7 Å². The Morgan fingerprint density at radius 2 is 1.95 bits per heavy atom. The van der Waals surface area contributed by atoms with E-state index in [4.69, 9.17) is 4.98 Å². The minimum Gasteiger partial charge on any atom is -0.302 e. The molecule has 98 valence electrons. The van der Waals surface area contributed by atoms with Gasteiger partial charge >= 0.3 is 0 Å². The van der Waals surface area contributed by atoms with E-state index in [1.165, 1.54) is 0 Å². The smallest absolute Gasteiger partial charge is 0.254 e. The minimum absolute atomic E-state index is 0.0991. The molecule has 0 saturated heterocycles. The van der Waals surface area contributed by atoms with E-state index in [1.54, 1.807) is 0 Å². The topological polar surface area (TPSA) is 34.9 Å². The summed E-state index contributed by atoms with van der Waals surface area (Å²) >= 11 is 0. The van der Waals surface area contributed by atoms with E-state index in [0.29, 0.717) is 6.54 Å². The van der Waals surface area contributed by atoms with Gasteiger partial charge in [0, 0.05) is 16.5 Å². The lowest BCUT2D eigenvalue weighted by atomic mass is 10.1. The number of para-hydroxylation sites is 1. The van der Waals surface area contributed by atoms with Crippen LogP contribution < -0.4 is 5.56 Å². The number of benzene rings is 1. The third kappa shape index (κ3) is 1.40. The molecule has 0 atom stereocenters. The van der Waals surface area contributed by atoms with E-state index in [-0.39, 0.29) is 5.56 Å². The molecule has 1 aliphatic heterocycles. The van der Waals surface area contributed by atoms with Gasteiger partial charge in [-0.05, 0) is 37.6 Å². The van der Waals surface area contributed by atoms with Crippen molar-refractivity contribution in [3.63, 3.8) is 0 Å². The van der Waals surface area contributed by atoms with Gasteiger partial charge in [-0.2, -0.15) is 0 Å². The zero-order chi connectivity index (χ0) is 13.9. The second kappa shape index (κ2) is 3.79. The Morgan fingerprint density at radius 1 is 1.15 bits per heavy atom. The Hall–Kier alpha value is -2.42. The van der Waals surface area contributed by atoms with Crippen LogP contribution in [0.15, 0.2) is 41.2 Å². The van der Waals surface area contributed by atoms with Crippen LogP contribution in [-0.2, 0) is 6.54 Å². The standard InChI is InChI=1S/C17H14N2O/c1-10-7-15-16-13(9-19(15)17(20)11(10)2)8-12-5-3-4-6-14(12)18-16/h3-8H,9H2,1-2H3. The van der Waals surface area contributed by atoms with Crippen LogP contribution in [-0.4, -0.2) is 9.55 Å². The lowest BCUT2D eigenvalue weighted by Crippen LogP contribution is -2.22. The van der Waals surface area contributed by atoms with Crippen molar-refractivity contribution < 1.29 is 0 Å². The second-order valence-electron chi connectivity index (χ2n) is 5.42. The molecule has 0 aliphatic carbocycles. The highest BCUT2D eigenvalue weighted by Crippen LogP contribution is 2.31. The van der Waals surface area contributed by atoms with Gasteiger partial charge in [0.25, 0.3) is 5.56 Å². The van der Waals surface area contributed by atoms with E-state index in [9.17, 15) is 4.79 Å². The van der Waals surface area contributed by atoms with Crippen LogP contribution in [0.5, 0.6) is 0 Å². The molecule has 0 spiro atoms. The van der Waals surface area contributed by atoms with Gasteiger partial charge in [-0.3, -0.25) is 4.79 Å². The number of pyridine rings is 2. The Bertz CT molecular complexity index is 922. The normalized spacial score (nSPS) is 12.5. The maximum atomic E-state index is 12.4. The summed E-state index contributed by atoms with van der Waals surface area (Å²) in [7, 11) is 0.